The molecule has 1 saturated carbocycles. The standard InChI is InChI=1S/C34H45FO8/c1-24(22-36)33(38)42-17-15-40-31-19-30(20-32(21-31)41-16-18-43-34(39)25(2)23-37)29-12-10-28(11-13-29)27-8-6-26(7-9-27)5-3-4-14-35/h10-13,19-21,25-27,36-37H,1,3-9,14-18,22-23H2,2H3. The summed E-state index contributed by atoms with van der Waals surface area (Å²) >= 11 is 0. The molecule has 0 spiro atoms. The number of hydrogen-bond acceptors (Lipinski definition) is 8. The Morgan fingerprint density at radius 2 is 1.51 bits per heavy atom. The second kappa shape index (κ2) is 18.3. The zero-order valence-electron chi connectivity index (χ0n) is 25.1. The average molecular weight is 601 g/mol. The van der Waals surface area contributed by atoms with Crippen molar-refractivity contribution >= 4 is 11.9 Å². The summed E-state index contributed by atoms with van der Waals surface area (Å²) in [6, 6.07) is 14.0. The SMILES string of the molecule is C=C(CO)C(=O)OCCOc1cc(OCCOC(=O)C(C)CO)cc(-c2ccc(C3CCC(CCCCF)CC3)cc2)c1. The van der Waals surface area contributed by atoms with E-state index in [1.165, 1.54) is 18.4 Å². The van der Waals surface area contributed by atoms with Crippen molar-refractivity contribution in [3.63, 3.8) is 0 Å². The molecule has 2 aromatic rings. The van der Waals surface area contributed by atoms with Gasteiger partial charge in [0.25, 0.3) is 0 Å². The topological polar surface area (TPSA) is 112 Å². The Morgan fingerprint density at radius 3 is 2.09 bits per heavy atom. The first-order chi connectivity index (χ1) is 20.8. The van der Waals surface area contributed by atoms with Crippen LogP contribution in [0.1, 0.15) is 63.4 Å². The van der Waals surface area contributed by atoms with Crippen LogP contribution in [0.4, 0.5) is 4.39 Å². The molecule has 236 valence electrons. The van der Waals surface area contributed by atoms with Crippen molar-refractivity contribution in [1.82, 2.24) is 0 Å². The molecule has 9 heteroatoms. The second-order valence-electron chi connectivity index (χ2n) is 11.1. The first-order valence-corrected chi connectivity index (χ1v) is 15.1. The predicted molar refractivity (Wildman–Crippen MR) is 162 cm³/mol. The predicted octanol–water partition coefficient (Wildman–Crippen LogP) is 5.79. The van der Waals surface area contributed by atoms with Gasteiger partial charge in [-0.2, -0.15) is 0 Å². The monoisotopic (exact) mass is 600 g/mol. The van der Waals surface area contributed by atoms with Crippen LogP contribution in [-0.4, -0.2) is 68.5 Å². The number of benzene rings is 2. The average Bonchev–Trinajstić information content (AvgIpc) is 3.04. The molecular formula is C34H45FO8. The molecule has 1 aliphatic carbocycles. The minimum Gasteiger partial charge on any atom is -0.490 e. The molecule has 0 aliphatic heterocycles. The van der Waals surface area contributed by atoms with Gasteiger partial charge in [-0.1, -0.05) is 43.7 Å². The minimum absolute atomic E-state index is 0.0238. The van der Waals surface area contributed by atoms with Gasteiger partial charge < -0.3 is 29.2 Å². The van der Waals surface area contributed by atoms with E-state index >= 15 is 0 Å². The summed E-state index contributed by atoms with van der Waals surface area (Å²) < 4.78 is 34.3. The van der Waals surface area contributed by atoms with E-state index in [4.69, 9.17) is 29.2 Å². The number of esters is 2. The van der Waals surface area contributed by atoms with Crippen LogP contribution >= 0.6 is 0 Å². The van der Waals surface area contributed by atoms with Crippen molar-refractivity contribution in [2.75, 3.05) is 46.3 Å². The maximum Gasteiger partial charge on any atom is 0.335 e. The van der Waals surface area contributed by atoms with Gasteiger partial charge >= 0.3 is 11.9 Å². The molecule has 2 aromatic carbocycles. The van der Waals surface area contributed by atoms with Gasteiger partial charge in [-0.25, -0.2) is 4.79 Å². The van der Waals surface area contributed by atoms with Crippen LogP contribution in [0.15, 0.2) is 54.6 Å². The first-order valence-electron chi connectivity index (χ1n) is 15.1. The molecule has 1 unspecified atom stereocenters. The van der Waals surface area contributed by atoms with Crippen LogP contribution in [-0.2, 0) is 19.1 Å². The highest BCUT2D eigenvalue weighted by atomic mass is 19.1. The molecule has 0 amide bonds. The molecule has 1 atom stereocenters. The zero-order valence-corrected chi connectivity index (χ0v) is 25.1. The summed E-state index contributed by atoms with van der Waals surface area (Å²) in [4.78, 5) is 23.5. The highest BCUT2D eigenvalue weighted by molar-refractivity contribution is 5.87. The Kier molecular flexibility index (Phi) is 14.5. The molecule has 43 heavy (non-hydrogen) atoms. The maximum absolute atomic E-state index is 12.4. The maximum atomic E-state index is 12.4. The third-order valence-electron chi connectivity index (χ3n) is 7.78. The Balaban J connectivity index is 1.64. The fraction of sp³-hybridized carbons (Fsp3) is 0.529. The number of halogens is 1. The molecule has 0 bridgehead atoms. The Labute approximate surface area is 253 Å². The number of ether oxygens (including phenoxy) is 4. The van der Waals surface area contributed by atoms with E-state index in [0.29, 0.717) is 29.8 Å². The van der Waals surface area contributed by atoms with Crippen molar-refractivity contribution in [2.45, 2.75) is 57.8 Å². The Hall–Kier alpha value is -3.43. The van der Waals surface area contributed by atoms with Crippen LogP contribution in [0.5, 0.6) is 11.5 Å². The third kappa shape index (κ3) is 11.3. The number of carbonyl (C=O) groups excluding carboxylic acids is 2. The molecule has 1 aliphatic rings. The number of aliphatic hydroxyl groups excluding tert-OH is 2. The fourth-order valence-electron chi connectivity index (χ4n) is 5.14. The normalized spacial score (nSPS) is 17.1. The Morgan fingerprint density at radius 1 is 0.884 bits per heavy atom. The summed E-state index contributed by atoms with van der Waals surface area (Å²) in [6.45, 7) is 4.25. The molecule has 8 nitrogen and oxygen atoms in total. The largest absolute Gasteiger partial charge is 0.490 e. The smallest absolute Gasteiger partial charge is 0.335 e. The number of unbranched alkanes of at least 4 members (excludes halogenated alkanes) is 1. The summed E-state index contributed by atoms with van der Waals surface area (Å²) in [5.74, 6) is 0.484. The van der Waals surface area contributed by atoms with Gasteiger partial charge in [-0.05, 0) is 79.7 Å². The summed E-state index contributed by atoms with van der Waals surface area (Å²) in [6.07, 6.45) is 7.47. The fourth-order valence-corrected chi connectivity index (χ4v) is 5.14. The van der Waals surface area contributed by atoms with Crippen molar-refractivity contribution in [2.24, 2.45) is 11.8 Å². The van der Waals surface area contributed by atoms with Crippen LogP contribution in [0.3, 0.4) is 0 Å². The van der Waals surface area contributed by atoms with Gasteiger partial charge in [0.05, 0.1) is 31.4 Å². The van der Waals surface area contributed by atoms with Crippen LogP contribution in [0, 0.1) is 11.8 Å². The molecule has 0 saturated heterocycles. The Bertz CT molecular complexity index is 1160. The highest BCUT2D eigenvalue weighted by Crippen LogP contribution is 2.38. The summed E-state index contributed by atoms with van der Waals surface area (Å²) in [5, 5.41) is 18.1. The van der Waals surface area contributed by atoms with Gasteiger partial charge in [-0.15, -0.1) is 0 Å². The van der Waals surface area contributed by atoms with Crippen LogP contribution in [0.2, 0.25) is 0 Å². The molecule has 0 radical (unpaired) electrons. The van der Waals surface area contributed by atoms with Gasteiger partial charge in [-0.3, -0.25) is 9.18 Å². The molecule has 0 heterocycles. The molecule has 1 fully saturated rings. The van der Waals surface area contributed by atoms with Crippen molar-refractivity contribution in [3.8, 4) is 22.6 Å². The van der Waals surface area contributed by atoms with E-state index in [0.717, 1.165) is 36.8 Å². The van der Waals surface area contributed by atoms with E-state index in [-0.39, 0.29) is 45.3 Å². The van der Waals surface area contributed by atoms with Gasteiger partial charge in [0.15, 0.2) is 0 Å². The van der Waals surface area contributed by atoms with Crippen LogP contribution < -0.4 is 9.47 Å². The van der Waals surface area contributed by atoms with Crippen molar-refractivity contribution in [1.29, 1.82) is 0 Å². The third-order valence-corrected chi connectivity index (χ3v) is 7.78. The lowest BCUT2D eigenvalue weighted by Crippen LogP contribution is -2.20. The van der Waals surface area contributed by atoms with E-state index < -0.39 is 24.5 Å². The zero-order chi connectivity index (χ0) is 31.0. The first kappa shape index (κ1) is 34.1. The molecule has 0 aromatic heterocycles. The van der Waals surface area contributed by atoms with E-state index in [2.05, 4.69) is 30.8 Å². The van der Waals surface area contributed by atoms with Crippen molar-refractivity contribution in [3.05, 3.63) is 60.2 Å². The molecule has 3 rings (SSSR count). The molecular weight excluding hydrogens is 555 g/mol. The van der Waals surface area contributed by atoms with E-state index in [1.54, 1.807) is 13.0 Å². The van der Waals surface area contributed by atoms with Gasteiger partial charge in [0.1, 0.15) is 37.9 Å². The van der Waals surface area contributed by atoms with E-state index in [1.807, 2.05) is 12.1 Å². The lowest BCUT2D eigenvalue weighted by Gasteiger charge is -2.29. The lowest BCUT2D eigenvalue weighted by molar-refractivity contribution is -0.149. The quantitative estimate of drug-likeness (QED) is 0.126. The van der Waals surface area contributed by atoms with Crippen LogP contribution in [0.25, 0.3) is 11.1 Å². The van der Waals surface area contributed by atoms with Gasteiger partial charge in [0.2, 0.25) is 0 Å². The highest BCUT2D eigenvalue weighted by Gasteiger charge is 2.22. The number of rotatable bonds is 18. The van der Waals surface area contributed by atoms with Gasteiger partial charge in [0, 0.05) is 6.07 Å². The summed E-state index contributed by atoms with van der Waals surface area (Å²) in [7, 11) is 0. The summed E-state index contributed by atoms with van der Waals surface area (Å²) in [5.41, 5.74) is 3.14. The minimum atomic E-state index is -0.681. The number of alkyl halides is 1. The molecule has 2 N–H and O–H groups in total. The number of aliphatic hydroxyl groups is 2. The van der Waals surface area contributed by atoms with Crippen molar-refractivity contribution < 1.29 is 43.1 Å². The number of carbonyl (C=O) groups is 2. The lowest BCUT2D eigenvalue weighted by atomic mass is 9.77. The number of hydrogen-bond donors (Lipinski definition) is 2. The van der Waals surface area contributed by atoms with E-state index in [9.17, 15) is 14.0 Å². The second-order valence-corrected chi connectivity index (χ2v) is 11.1.